The predicted molar refractivity (Wildman–Crippen MR) is 84.1 cm³/mol. The molecule has 0 unspecified atom stereocenters. The number of nitrogens with one attached hydrogen (secondary N) is 1. The summed E-state index contributed by atoms with van der Waals surface area (Å²) in [5.41, 5.74) is 1.10. The highest BCUT2D eigenvalue weighted by atomic mass is 32.2. The smallest absolute Gasteiger partial charge is 0.406 e. The van der Waals surface area contributed by atoms with Crippen molar-refractivity contribution in [2.75, 3.05) is 18.6 Å². The van der Waals surface area contributed by atoms with Crippen LogP contribution < -0.4 is 10.1 Å². The summed E-state index contributed by atoms with van der Waals surface area (Å²) in [7, 11) is 0. The molecule has 0 aliphatic rings. The lowest BCUT2D eigenvalue weighted by Crippen LogP contribution is -2.26. The molecule has 0 spiro atoms. The Morgan fingerprint density at radius 3 is 2.58 bits per heavy atom. The monoisotopic (exact) mass is 360 g/mol. The van der Waals surface area contributed by atoms with Crippen molar-refractivity contribution in [3.8, 4) is 17.1 Å². The molecular weight excluding hydrogens is 345 g/mol. The van der Waals surface area contributed by atoms with Gasteiger partial charge in [0.25, 0.3) is 5.91 Å². The van der Waals surface area contributed by atoms with Gasteiger partial charge in [-0.25, -0.2) is 0 Å². The molecule has 0 aliphatic heterocycles. The number of hydrogen-bond donors (Lipinski definition) is 1. The summed E-state index contributed by atoms with van der Waals surface area (Å²) >= 11 is 1.59. The maximum atomic E-state index is 12.3. The minimum Gasteiger partial charge on any atom is -0.406 e. The van der Waals surface area contributed by atoms with Crippen molar-refractivity contribution in [2.24, 2.45) is 0 Å². The number of thioether (sulfide) groups is 1. The molecule has 1 aromatic heterocycles. The number of carbonyl (C=O) groups excluding carboxylic acids is 1. The van der Waals surface area contributed by atoms with Gasteiger partial charge in [-0.1, -0.05) is 5.16 Å². The summed E-state index contributed by atoms with van der Waals surface area (Å²) < 4.78 is 45.5. The fraction of sp³-hybridized carbons (Fsp3) is 0.333. The predicted octanol–water partition coefficient (Wildman–Crippen LogP) is 3.64. The summed E-state index contributed by atoms with van der Waals surface area (Å²) in [6, 6.07) is 5.05. The number of benzene rings is 1. The van der Waals surface area contributed by atoms with Crippen LogP contribution in [0.3, 0.4) is 0 Å². The van der Waals surface area contributed by atoms with Crippen molar-refractivity contribution in [3.63, 3.8) is 0 Å². The maximum absolute atomic E-state index is 12.3. The number of halogens is 3. The van der Waals surface area contributed by atoms with Gasteiger partial charge >= 0.3 is 6.36 Å². The number of ether oxygens (including phenoxy) is 1. The Kier molecular flexibility index (Phi) is 5.76. The molecular formula is C15H15F3N2O3S. The number of alkyl halides is 3. The van der Waals surface area contributed by atoms with Crippen LogP contribution in [0.25, 0.3) is 11.3 Å². The third-order valence-corrected chi connectivity index (χ3v) is 3.64. The molecule has 1 aromatic carbocycles. The second-order valence-electron chi connectivity index (χ2n) is 4.79. The molecule has 0 aliphatic carbocycles. The molecule has 1 N–H and O–H groups in total. The van der Waals surface area contributed by atoms with Crippen LogP contribution in [0.1, 0.15) is 16.1 Å². The Bertz CT molecular complexity index is 699. The zero-order valence-corrected chi connectivity index (χ0v) is 13.8. The van der Waals surface area contributed by atoms with E-state index in [1.54, 1.807) is 18.7 Å². The fourth-order valence-electron chi connectivity index (χ4n) is 2.00. The fourth-order valence-corrected chi connectivity index (χ4v) is 2.30. The van der Waals surface area contributed by atoms with Crippen molar-refractivity contribution in [1.82, 2.24) is 10.5 Å². The first-order valence-electron chi connectivity index (χ1n) is 6.91. The Balaban J connectivity index is 2.22. The van der Waals surface area contributed by atoms with E-state index in [0.717, 1.165) is 17.9 Å². The summed E-state index contributed by atoms with van der Waals surface area (Å²) in [4.78, 5) is 12.3. The van der Waals surface area contributed by atoms with E-state index in [1.165, 1.54) is 12.1 Å². The molecule has 0 bridgehead atoms. The first-order chi connectivity index (χ1) is 11.3. The van der Waals surface area contributed by atoms with E-state index in [2.05, 4.69) is 15.2 Å². The van der Waals surface area contributed by atoms with E-state index in [9.17, 15) is 18.0 Å². The number of carbonyl (C=O) groups is 1. The van der Waals surface area contributed by atoms with E-state index in [1.807, 2.05) is 6.26 Å². The average Bonchev–Trinajstić information content (AvgIpc) is 2.88. The molecule has 130 valence electrons. The van der Waals surface area contributed by atoms with Crippen LogP contribution in [0.4, 0.5) is 13.2 Å². The molecule has 0 atom stereocenters. The molecule has 1 amide bonds. The highest BCUT2D eigenvalue weighted by Crippen LogP contribution is 2.29. The van der Waals surface area contributed by atoms with Gasteiger partial charge in [0.1, 0.15) is 11.3 Å². The van der Waals surface area contributed by atoms with Gasteiger partial charge in [0.15, 0.2) is 5.76 Å². The first-order valence-corrected chi connectivity index (χ1v) is 8.31. The number of amides is 1. The third-order valence-electron chi connectivity index (χ3n) is 3.03. The molecule has 9 heteroatoms. The normalized spacial score (nSPS) is 11.4. The molecule has 5 nitrogen and oxygen atoms in total. The van der Waals surface area contributed by atoms with E-state index in [0.29, 0.717) is 17.8 Å². The second kappa shape index (κ2) is 7.61. The van der Waals surface area contributed by atoms with Gasteiger partial charge < -0.3 is 14.6 Å². The van der Waals surface area contributed by atoms with Gasteiger partial charge in [-0.15, -0.1) is 13.2 Å². The number of aryl methyl sites for hydroxylation is 1. The number of aromatic nitrogens is 1. The van der Waals surface area contributed by atoms with Crippen molar-refractivity contribution in [1.29, 1.82) is 0 Å². The molecule has 2 rings (SSSR count). The van der Waals surface area contributed by atoms with E-state index in [-0.39, 0.29) is 23.0 Å². The van der Waals surface area contributed by atoms with Crippen LogP contribution in [-0.2, 0) is 0 Å². The Hall–Kier alpha value is -2.16. The standard InChI is InChI=1S/C15H15F3N2O3S/c1-9-12(14(21)19-7-8-24-2)13(23-20-9)10-3-5-11(6-4-10)22-15(16,17)18/h3-6H,7-8H2,1-2H3,(H,19,21). The summed E-state index contributed by atoms with van der Waals surface area (Å²) in [6.45, 7) is 2.11. The van der Waals surface area contributed by atoms with Crippen molar-refractivity contribution in [2.45, 2.75) is 13.3 Å². The lowest BCUT2D eigenvalue weighted by Gasteiger charge is -2.09. The molecule has 0 saturated heterocycles. The van der Waals surface area contributed by atoms with Gasteiger partial charge in [0, 0.05) is 17.9 Å². The maximum Gasteiger partial charge on any atom is 0.573 e. The Labute approximate surface area is 140 Å². The van der Waals surface area contributed by atoms with Crippen LogP contribution in [-0.4, -0.2) is 36.0 Å². The van der Waals surface area contributed by atoms with Crippen LogP contribution in [0.5, 0.6) is 5.75 Å². The number of nitrogens with zero attached hydrogens (tertiary/aromatic N) is 1. The highest BCUT2D eigenvalue weighted by Gasteiger charge is 2.31. The Morgan fingerprint density at radius 2 is 2.00 bits per heavy atom. The average molecular weight is 360 g/mol. The second-order valence-corrected chi connectivity index (χ2v) is 5.78. The van der Waals surface area contributed by atoms with Crippen LogP contribution in [0.2, 0.25) is 0 Å². The van der Waals surface area contributed by atoms with Crippen molar-refractivity contribution < 1.29 is 27.2 Å². The lowest BCUT2D eigenvalue weighted by atomic mass is 10.1. The minimum absolute atomic E-state index is 0.202. The molecule has 0 saturated carbocycles. The van der Waals surface area contributed by atoms with Crippen LogP contribution >= 0.6 is 11.8 Å². The molecule has 1 heterocycles. The zero-order valence-electron chi connectivity index (χ0n) is 12.9. The zero-order chi connectivity index (χ0) is 17.7. The molecule has 2 aromatic rings. The van der Waals surface area contributed by atoms with Gasteiger partial charge in [0.05, 0.1) is 5.69 Å². The van der Waals surface area contributed by atoms with Crippen LogP contribution in [0.15, 0.2) is 28.8 Å². The lowest BCUT2D eigenvalue weighted by molar-refractivity contribution is -0.274. The van der Waals surface area contributed by atoms with Crippen LogP contribution in [0, 0.1) is 6.92 Å². The summed E-state index contributed by atoms with van der Waals surface area (Å²) in [5, 5.41) is 6.52. The van der Waals surface area contributed by atoms with E-state index < -0.39 is 6.36 Å². The number of hydrogen-bond acceptors (Lipinski definition) is 5. The van der Waals surface area contributed by atoms with Gasteiger partial charge in [0.2, 0.25) is 0 Å². The van der Waals surface area contributed by atoms with Gasteiger partial charge in [-0.2, -0.15) is 11.8 Å². The molecule has 0 fully saturated rings. The van der Waals surface area contributed by atoms with Gasteiger partial charge in [-0.05, 0) is 37.4 Å². The molecule has 0 radical (unpaired) electrons. The van der Waals surface area contributed by atoms with Crippen molar-refractivity contribution in [3.05, 3.63) is 35.5 Å². The summed E-state index contributed by atoms with van der Waals surface area (Å²) in [5.74, 6) is 0.268. The third kappa shape index (κ3) is 4.67. The Morgan fingerprint density at radius 1 is 1.33 bits per heavy atom. The SMILES string of the molecule is CSCCNC(=O)c1c(C)noc1-c1ccc(OC(F)(F)F)cc1. The van der Waals surface area contributed by atoms with E-state index in [4.69, 9.17) is 4.52 Å². The highest BCUT2D eigenvalue weighted by molar-refractivity contribution is 7.98. The number of rotatable bonds is 6. The first kappa shape index (κ1) is 18.2. The van der Waals surface area contributed by atoms with Gasteiger partial charge in [-0.3, -0.25) is 4.79 Å². The largest absolute Gasteiger partial charge is 0.573 e. The molecule has 24 heavy (non-hydrogen) atoms. The van der Waals surface area contributed by atoms with E-state index >= 15 is 0 Å². The van der Waals surface area contributed by atoms with Crippen molar-refractivity contribution >= 4 is 17.7 Å². The quantitative estimate of drug-likeness (QED) is 0.797. The summed E-state index contributed by atoms with van der Waals surface area (Å²) in [6.07, 6.45) is -2.83. The topological polar surface area (TPSA) is 64.4 Å². The minimum atomic E-state index is -4.76.